The average molecular weight is 313 g/mol. The Morgan fingerprint density at radius 3 is 1.43 bits per heavy atom. The monoisotopic (exact) mass is 312 g/mol. The Morgan fingerprint density at radius 1 is 0.696 bits per heavy atom. The maximum Gasteiger partial charge on any atom is 0.0333 e. The molecule has 0 aliphatic heterocycles. The fourth-order valence-electron chi connectivity index (χ4n) is 4.18. The minimum atomic E-state index is 0.362. The highest BCUT2D eigenvalue weighted by atomic mass is 15.0. The molecule has 2 heteroatoms. The number of nitrogens with zero attached hydrogens (tertiary/aromatic N) is 2. The Balaban J connectivity index is 1.83. The van der Waals surface area contributed by atoms with E-state index in [2.05, 4.69) is 79.0 Å². The van der Waals surface area contributed by atoms with Crippen molar-refractivity contribution in [1.82, 2.24) is 9.13 Å². The number of hydrogen-bond acceptors (Lipinski definition) is 0. The molecular formula is C21H32N2. The Morgan fingerprint density at radius 2 is 1.09 bits per heavy atom. The highest BCUT2D eigenvalue weighted by Gasteiger charge is 2.31. The van der Waals surface area contributed by atoms with Crippen LogP contribution >= 0.6 is 0 Å². The maximum absolute atomic E-state index is 2.45. The first-order valence-corrected chi connectivity index (χ1v) is 9.29. The van der Waals surface area contributed by atoms with Gasteiger partial charge in [0.2, 0.25) is 0 Å². The van der Waals surface area contributed by atoms with Crippen LogP contribution in [0.25, 0.3) is 0 Å². The molecule has 1 aliphatic carbocycles. The van der Waals surface area contributed by atoms with Crippen LogP contribution in [-0.4, -0.2) is 9.13 Å². The van der Waals surface area contributed by atoms with Crippen LogP contribution < -0.4 is 0 Å². The van der Waals surface area contributed by atoms with Crippen molar-refractivity contribution in [3.8, 4) is 0 Å². The van der Waals surface area contributed by atoms with Crippen LogP contribution in [-0.2, 0) is 0 Å². The van der Waals surface area contributed by atoms with E-state index in [0.29, 0.717) is 17.5 Å². The van der Waals surface area contributed by atoms with E-state index in [-0.39, 0.29) is 0 Å². The summed E-state index contributed by atoms with van der Waals surface area (Å²) < 4.78 is 4.91. The summed E-state index contributed by atoms with van der Waals surface area (Å²) in [6.07, 6.45) is 17.0. The third-order valence-corrected chi connectivity index (χ3v) is 5.76. The van der Waals surface area contributed by atoms with Crippen LogP contribution in [0.15, 0.2) is 49.1 Å². The average Bonchev–Trinajstić information content (AvgIpc) is 3.20. The van der Waals surface area contributed by atoms with Gasteiger partial charge >= 0.3 is 0 Å². The predicted molar refractivity (Wildman–Crippen MR) is 97.6 cm³/mol. The molecule has 0 saturated heterocycles. The van der Waals surface area contributed by atoms with Gasteiger partial charge in [-0.05, 0) is 61.3 Å². The van der Waals surface area contributed by atoms with Gasteiger partial charge in [-0.3, -0.25) is 0 Å². The Kier molecular flexibility index (Phi) is 4.99. The van der Waals surface area contributed by atoms with E-state index in [1.165, 1.54) is 38.5 Å². The minimum absolute atomic E-state index is 0.362. The van der Waals surface area contributed by atoms with Gasteiger partial charge in [0.25, 0.3) is 0 Å². The van der Waals surface area contributed by atoms with Crippen LogP contribution in [0, 0.1) is 11.3 Å². The van der Waals surface area contributed by atoms with E-state index in [1.54, 1.807) is 0 Å². The smallest absolute Gasteiger partial charge is 0.0333 e. The Hall–Kier alpha value is -1.44. The summed E-state index contributed by atoms with van der Waals surface area (Å²) >= 11 is 0. The molecule has 0 aromatic carbocycles. The molecule has 2 atom stereocenters. The zero-order chi connectivity index (χ0) is 16.3. The lowest BCUT2D eigenvalue weighted by Crippen LogP contribution is -2.26. The fourth-order valence-corrected chi connectivity index (χ4v) is 4.18. The normalized spacial score (nSPS) is 27.2. The quantitative estimate of drug-likeness (QED) is 0.635. The molecule has 2 nitrogen and oxygen atoms in total. The van der Waals surface area contributed by atoms with Crippen molar-refractivity contribution in [3.63, 3.8) is 0 Å². The van der Waals surface area contributed by atoms with Gasteiger partial charge in [-0.1, -0.05) is 33.6 Å². The second-order valence-corrected chi connectivity index (χ2v) is 8.39. The van der Waals surface area contributed by atoms with Gasteiger partial charge < -0.3 is 9.13 Å². The SMILES string of the molecule is CC(C)(C)C1CC(n2cccc2)CCCCC(n2cccc2)C1. The lowest BCUT2D eigenvalue weighted by molar-refractivity contribution is 0.161. The summed E-state index contributed by atoms with van der Waals surface area (Å²) in [4.78, 5) is 0. The summed E-state index contributed by atoms with van der Waals surface area (Å²) in [5, 5.41) is 0. The molecule has 2 unspecified atom stereocenters. The molecule has 2 aromatic heterocycles. The third-order valence-electron chi connectivity index (χ3n) is 5.76. The summed E-state index contributed by atoms with van der Waals surface area (Å²) in [5.74, 6) is 0.750. The first-order valence-electron chi connectivity index (χ1n) is 9.29. The number of rotatable bonds is 2. The molecule has 126 valence electrons. The van der Waals surface area contributed by atoms with Gasteiger partial charge in [-0.2, -0.15) is 0 Å². The van der Waals surface area contributed by atoms with Gasteiger partial charge in [0.1, 0.15) is 0 Å². The molecule has 1 aliphatic rings. The van der Waals surface area contributed by atoms with Crippen molar-refractivity contribution >= 4 is 0 Å². The topological polar surface area (TPSA) is 9.86 Å². The molecular weight excluding hydrogens is 280 g/mol. The van der Waals surface area contributed by atoms with Crippen molar-refractivity contribution < 1.29 is 0 Å². The molecule has 0 amide bonds. The molecule has 0 N–H and O–H groups in total. The zero-order valence-corrected chi connectivity index (χ0v) is 15.0. The third kappa shape index (κ3) is 4.10. The van der Waals surface area contributed by atoms with Crippen LogP contribution in [0.4, 0.5) is 0 Å². The molecule has 0 spiro atoms. The summed E-state index contributed by atoms with van der Waals surface area (Å²) in [6.45, 7) is 7.28. The van der Waals surface area contributed by atoms with Crippen LogP contribution in [0.5, 0.6) is 0 Å². The summed E-state index contributed by atoms with van der Waals surface area (Å²) in [7, 11) is 0. The molecule has 2 heterocycles. The second-order valence-electron chi connectivity index (χ2n) is 8.39. The van der Waals surface area contributed by atoms with Gasteiger partial charge in [0.15, 0.2) is 0 Å². The first-order chi connectivity index (χ1) is 11.0. The maximum atomic E-state index is 2.45. The van der Waals surface area contributed by atoms with E-state index in [9.17, 15) is 0 Å². The van der Waals surface area contributed by atoms with Crippen molar-refractivity contribution in [2.24, 2.45) is 11.3 Å². The van der Waals surface area contributed by atoms with Crippen molar-refractivity contribution in [3.05, 3.63) is 49.1 Å². The number of aromatic nitrogens is 2. The lowest BCUT2D eigenvalue weighted by Gasteiger charge is -2.36. The largest absolute Gasteiger partial charge is 0.351 e. The first kappa shape index (κ1) is 16.4. The Labute approximate surface area is 141 Å². The van der Waals surface area contributed by atoms with E-state index >= 15 is 0 Å². The van der Waals surface area contributed by atoms with Gasteiger partial charge in [-0.15, -0.1) is 0 Å². The summed E-state index contributed by atoms with van der Waals surface area (Å²) in [5.41, 5.74) is 0.362. The number of hydrogen-bond donors (Lipinski definition) is 0. The molecule has 2 aromatic rings. The van der Waals surface area contributed by atoms with Crippen molar-refractivity contribution in [2.45, 2.75) is 71.4 Å². The van der Waals surface area contributed by atoms with Crippen molar-refractivity contribution in [2.75, 3.05) is 0 Å². The van der Waals surface area contributed by atoms with Crippen LogP contribution in [0.2, 0.25) is 0 Å². The van der Waals surface area contributed by atoms with Crippen LogP contribution in [0.1, 0.15) is 71.4 Å². The minimum Gasteiger partial charge on any atom is -0.351 e. The second kappa shape index (κ2) is 6.98. The summed E-state index contributed by atoms with van der Waals surface area (Å²) in [6, 6.07) is 10.0. The van der Waals surface area contributed by atoms with E-state index < -0.39 is 0 Å². The standard InChI is InChI=1S/C21H32N2/c1-21(2,3)18-16-19(22-12-6-7-13-22)10-4-5-11-20(17-18)23-14-8-9-15-23/h6-9,12-15,18-20H,4-5,10-11,16-17H2,1-3H3. The van der Waals surface area contributed by atoms with E-state index in [4.69, 9.17) is 0 Å². The molecule has 1 saturated carbocycles. The van der Waals surface area contributed by atoms with Gasteiger partial charge in [0.05, 0.1) is 0 Å². The molecule has 0 radical (unpaired) electrons. The van der Waals surface area contributed by atoms with Crippen LogP contribution in [0.3, 0.4) is 0 Å². The van der Waals surface area contributed by atoms with E-state index in [0.717, 1.165) is 5.92 Å². The zero-order valence-electron chi connectivity index (χ0n) is 15.0. The fraction of sp³-hybridized carbons (Fsp3) is 0.619. The van der Waals surface area contributed by atoms with Gasteiger partial charge in [-0.25, -0.2) is 0 Å². The van der Waals surface area contributed by atoms with Gasteiger partial charge in [0, 0.05) is 36.9 Å². The molecule has 0 bridgehead atoms. The molecule has 1 fully saturated rings. The lowest BCUT2D eigenvalue weighted by atomic mass is 9.73. The highest BCUT2D eigenvalue weighted by Crippen LogP contribution is 2.42. The van der Waals surface area contributed by atoms with E-state index in [1.807, 2.05) is 0 Å². The molecule has 23 heavy (non-hydrogen) atoms. The molecule has 3 rings (SSSR count). The Bertz CT molecular complexity index is 513. The highest BCUT2D eigenvalue weighted by molar-refractivity contribution is 4.97. The van der Waals surface area contributed by atoms with Crippen molar-refractivity contribution in [1.29, 1.82) is 0 Å². The predicted octanol–water partition coefficient (Wildman–Crippen LogP) is 6.09.